The summed E-state index contributed by atoms with van der Waals surface area (Å²) in [6.45, 7) is 3.63. The van der Waals surface area contributed by atoms with Gasteiger partial charge < -0.3 is 10.4 Å². The van der Waals surface area contributed by atoms with Gasteiger partial charge in [-0.1, -0.05) is 6.07 Å². The molecule has 2 heterocycles. The van der Waals surface area contributed by atoms with E-state index in [1.807, 2.05) is 19.1 Å². The van der Waals surface area contributed by atoms with Gasteiger partial charge in [-0.15, -0.1) is 0 Å². The Labute approximate surface area is 111 Å². The number of carboxylic acids is 1. The van der Waals surface area contributed by atoms with Gasteiger partial charge in [-0.05, 0) is 25.5 Å². The predicted molar refractivity (Wildman–Crippen MR) is 71.2 cm³/mol. The van der Waals surface area contributed by atoms with E-state index in [0.717, 1.165) is 5.56 Å². The maximum Gasteiger partial charge on any atom is 0.341 e. The third kappa shape index (κ3) is 2.57. The van der Waals surface area contributed by atoms with Crippen molar-refractivity contribution in [1.29, 1.82) is 0 Å². The largest absolute Gasteiger partial charge is 0.477 e. The molecule has 100 valence electrons. The molecule has 0 saturated heterocycles. The summed E-state index contributed by atoms with van der Waals surface area (Å²) in [6.07, 6.45) is 3.45. The molecule has 1 atom stereocenters. The smallest absolute Gasteiger partial charge is 0.341 e. The van der Waals surface area contributed by atoms with Gasteiger partial charge in [0, 0.05) is 19.4 Å². The number of nitrogens with zero attached hydrogens (tertiary/aromatic N) is 3. The summed E-state index contributed by atoms with van der Waals surface area (Å²) in [5.74, 6) is -0.479. The molecule has 0 bridgehead atoms. The van der Waals surface area contributed by atoms with Gasteiger partial charge in [-0.25, -0.2) is 4.79 Å². The van der Waals surface area contributed by atoms with Gasteiger partial charge in [0.15, 0.2) is 0 Å². The number of carbonyl (C=O) groups is 1. The van der Waals surface area contributed by atoms with Crippen LogP contribution in [0, 0.1) is 6.92 Å². The van der Waals surface area contributed by atoms with Crippen LogP contribution in [0.1, 0.15) is 34.6 Å². The highest BCUT2D eigenvalue weighted by molar-refractivity contribution is 5.94. The Morgan fingerprint density at radius 1 is 1.53 bits per heavy atom. The maximum atomic E-state index is 11.3. The maximum absolute atomic E-state index is 11.3. The van der Waals surface area contributed by atoms with Crippen molar-refractivity contribution in [3.05, 3.63) is 41.3 Å². The van der Waals surface area contributed by atoms with E-state index in [2.05, 4.69) is 15.4 Å². The molecule has 0 aliphatic carbocycles. The minimum absolute atomic E-state index is 0.0541. The minimum atomic E-state index is -0.980. The molecule has 6 heteroatoms. The first kappa shape index (κ1) is 13.1. The summed E-state index contributed by atoms with van der Waals surface area (Å²) in [5, 5.41) is 16.6. The highest BCUT2D eigenvalue weighted by atomic mass is 16.4. The average molecular weight is 260 g/mol. The number of hydrogen-bond donors (Lipinski definition) is 2. The third-order valence-corrected chi connectivity index (χ3v) is 2.97. The van der Waals surface area contributed by atoms with Crippen LogP contribution in [0.5, 0.6) is 0 Å². The Bertz CT molecular complexity index is 592. The first-order valence-corrected chi connectivity index (χ1v) is 5.94. The van der Waals surface area contributed by atoms with Crippen LogP contribution in [0.3, 0.4) is 0 Å². The molecule has 0 amide bonds. The molecule has 0 fully saturated rings. The van der Waals surface area contributed by atoms with Crippen molar-refractivity contribution < 1.29 is 9.90 Å². The van der Waals surface area contributed by atoms with Gasteiger partial charge in [0.25, 0.3) is 0 Å². The molecule has 2 rings (SSSR count). The molecule has 19 heavy (non-hydrogen) atoms. The van der Waals surface area contributed by atoms with Gasteiger partial charge in [0.05, 0.1) is 11.7 Å². The average Bonchev–Trinajstić information content (AvgIpc) is 2.65. The fourth-order valence-electron chi connectivity index (χ4n) is 2.00. The monoisotopic (exact) mass is 260 g/mol. The Morgan fingerprint density at radius 3 is 2.84 bits per heavy atom. The minimum Gasteiger partial charge on any atom is -0.477 e. The lowest BCUT2D eigenvalue weighted by molar-refractivity contribution is 0.0697. The Hall–Kier alpha value is -2.37. The van der Waals surface area contributed by atoms with E-state index < -0.39 is 5.97 Å². The van der Waals surface area contributed by atoms with Gasteiger partial charge in [0.2, 0.25) is 0 Å². The number of hydrogen-bond acceptors (Lipinski definition) is 4. The van der Waals surface area contributed by atoms with Crippen LogP contribution >= 0.6 is 0 Å². The second-order valence-corrected chi connectivity index (χ2v) is 4.39. The molecular weight excluding hydrogens is 244 g/mol. The van der Waals surface area contributed by atoms with Crippen LogP contribution in [0.2, 0.25) is 0 Å². The number of aromatic carboxylic acids is 1. The zero-order chi connectivity index (χ0) is 14.0. The van der Waals surface area contributed by atoms with Crippen molar-refractivity contribution in [2.45, 2.75) is 19.9 Å². The Kier molecular flexibility index (Phi) is 3.50. The van der Waals surface area contributed by atoms with Crippen LogP contribution in [0.25, 0.3) is 0 Å². The van der Waals surface area contributed by atoms with Gasteiger partial charge in [-0.3, -0.25) is 9.67 Å². The molecule has 2 aromatic rings. The first-order valence-electron chi connectivity index (χ1n) is 5.94. The van der Waals surface area contributed by atoms with Crippen molar-refractivity contribution in [3.63, 3.8) is 0 Å². The topological polar surface area (TPSA) is 80.0 Å². The molecule has 0 saturated carbocycles. The Morgan fingerprint density at radius 2 is 2.26 bits per heavy atom. The fraction of sp³-hybridized carbons (Fsp3) is 0.308. The molecule has 2 N–H and O–H groups in total. The van der Waals surface area contributed by atoms with Crippen LogP contribution in [0.4, 0.5) is 5.82 Å². The summed E-state index contributed by atoms with van der Waals surface area (Å²) < 4.78 is 1.55. The molecule has 0 aliphatic heterocycles. The van der Waals surface area contributed by atoms with E-state index >= 15 is 0 Å². The number of carboxylic acid groups (broad SMARTS) is 1. The van der Waals surface area contributed by atoms with E-state index in [9.17, 15) is 9.90 Å². The van der Waals surface area contributed by atoms with E-state index in [1.54, 1.807) is 31.0 Å². The van der Waals surface area contributed by atoms with Crippen LogP contribution in [-0.4, -0.2) is 25.8 Å². The van der Waals surface area contributed by atoms with Crippen molar-refractivity contribution in [2.75, 3.05) is 5.32 Å². The van der Waals surface area contributed by atoms with Crippen molar-refractivity contribution >= 4 is 11.8 Å². The molecule has 2 aromatic heterocycles. The highest BCUT2D eigenvalue weighted by Crippen LogP contribution is 2.23. The van der Waals surface area contributed by atoms with Crippen molar-refractivity contribution in [3.8, 4) is 0 Å². The number of rotatable bonds is 4. The zero-order valence-corrected chi connectivity index (χ0v) is 11.1. The molecule has 0 radical (unpaired) electrons. The second kappa shape index (κ2) is 5.09. The molecule has 1 unspecified atom stereocenters. The van der Waals surface area contributed by atoms with E-state index in [-0.39, 0.29) is 11.6 Å². The second-order valence-electron chi connectivity index (χ2n) is 4.39. The Balaban J connectivity index is 2.31. The zero-order valence-electron chi connectivity index (χ0n) is 11.1. The highest BCUT2D eigenvalue weighted by Gasteiger charge is 2.21. The van der Waals surface area contributed by atoms with E-state index in [1.165, 1.54) is 0 Å². The summed E-state index contributed by atoms with van der Waals surface area (Å²) in [4.78, 5) is 15.3. The van der Waals surface area contributed by atoms with Gasteiger partial charge in [-0.2, -0.15) is 5.10 Å². The molecule has 0 aromatic carbocycles. The lowest BCUT2D eigenvalue weighted by Gasteiger charge is -2.16. The number of aryl methyl sites for hydroxylation is 2. The van der Waals surface area contributed by atoms with Crippen LogP contribution < -0.4 is 5.32 Å². The molecule has 0 aliphatic rings. The predicted octanol–water partition coefficient (Wildman–Crippen LogP) is 1.99. The third-order valence-electron chi connectivity index (χ3n) is 2.97. The number of nitrogens with one attached hydrogen (secondary N) is 1. The summed E-state index contributed by atoms with van der Waals surface area (Å²) in [5.41, 5.74) is 1.69. The molecule has 0 spiro atoms. The quantitative estimate of drug-likeness (QED) is 0.878. The molecule has 6 nitrogen and oxygen atoms in total. The number of aromatic nitrogens is 3. The lowest BCUT2D eigenvalue weighted by Crippen LogP contribution is -2.13. The summed E-state index contributed by atoms with van der Waals surface area (Å²) in [7, 11) is 1.72. The van der Waals surface area contributed by atoms with E-state index in [4.69, 9.17) is 0 Å². The summed E-state index contributed by atoms with van der Waals surface area (Å²) >= 11 is 0. The normalized spacial score (nSPS) is 12.2. The van der Waals surface area contributed by atoms with Crippen molar-refractivity contribution in [1.82, 2.24) is 14.8 Å². The lowest BCUT2D eigenvalue weighted by atomic mass is 10.1. The number of anilines is 1. The number of pyridine rings is 1. The van der Waals surface area contributed by atoms with Crippen LogP contribution in [0.15, 0.2) is 24.5 Å². The summed E-state index contributed by atoms with van der Waals surface area (Å²) in [6, 6.07) is 3.73. The standard InChI is InChI=1S/C13H16N4O2/c1-8(10-5-4-6-14-7-10)15-12-11(13(18)19)9(2)16-17(12)3/h4-8,15H,1-3H3,(H,18,19). The van der Waals surface area contributed by atoms with Crippen LogP contribution in [-0.2, 0) is 7.05 Å². The van der Waals surface area contributed by atoms with E-state index in [0.29, 0.717) is 11.5 Å². The van der Waals surface area contributed by atoms with Gasteiger partial charge >= 0.3 is 5.97 Å². The fourth-order valence-corrected chi connectivity index (χ4v) is 2.00. The molecular formula is C13H16N4O2. The first-order chi connectivity index (χ1) is 9.00. The SMILES string of the molecule is Cc1nn(C)c(NC(C)c2cccnc2)c1C(=O)O. The van der Waals surface area contributed by atoms with Crippen molar-refractivity contribution in [2.24, 2.45) is 7.05 Å². The van der Waals surface area contributed by atoms with Gasteiger partial charge in [0.1, 0.15) is 11.4 Å².